The maximum atomic E-state index is 9.25. The quantitative estimate of drug-likeness (QED) is 0.690. The highest BCUT2D eigenvalue weighted by Crippen LogP contribution is 2.45. The Balaban J connectivity index is 1.52. The molecule has 0 aromatic rings. The molecule has 2 N–H and O–H groups in total. The summed E-state index contributed by atoms with van der Waals surface area (Å²) in [5.74, 6) is 2.55. The molecule has 0 heterocycles. The van der Waals surface area contributed by atoms with Gasteiger partial charge in [-0.25, -0.2) is 0 Å². The van der Waals surface area contributed by atoms with Gasteiger partial charge >= 0.3 is 0 Å². The maximum Gasteiger partial charge on any atom is 0.0570 e. The molecule has 2 saturated carbocycles. The summed E-state index contributed by atoms with van der Waals surface area (Å²) in [7, 11) is 0. The van der Waals surface area contributed by atoms with Crippen LogP contribution in [0.5, 0.6) is 0 Å². The van der Waals surface area contributed by atoms with Gasteiger partial charge in [-0.1, -0.05) is 12.2 Å². The van der Waals surface area contributed by atoms with Crippen molar-refractivity contribution in [2.24, 2.45) is 17.8 Å². The van der Waals surface area contributed by atoms with Gasteiger partial charge in [-0.2, -0.15) is 0 Å². The molecule has 0 spiro atoms. The largest absolute Gasteiger partial charge is 0.393 e. The van der Waals surface area contributed by atoms with Crippen molar-refractivity contribution in [2.75, 3.05) is 0 Å². The molecule has 4 unspecified atom stereocenters. The standard InChI is InChI=1S/C13H21NO/c1-8(14-11-6-12(15)7-11)13-5-9-2-3-10(13)4-9/h2-3,8-15H,4-7H2,1H3. The minimum atomic E-state index is -0.0328. The van der Waals surface area contributed by atoms with Crippen LogP contribution in [-0.4, -0.2) is 23.3 Å². The van der Waals surface area contributed by atoms with Gasteiger partial charge < -0.3 is 10.4 Å². The predicted molar refractivity (Wildman–Crippen MR) is 60.5 cm³/mol. The van der Waals surface area contributed by atoms with Crippen molar-refractivity contribution in [3.8, 4) is 0 Å². The fraction of sp³-hybridized carbons (Fsp3) is 0.846. The minimum absolute atomic E-state index is 0.0328. The number of hydrogen-bond acceptors (Lipinski definition) is 2. The minimum Gasteiger partial charge on any atom is -0.393 e. The van der Waals surface area contributed by atoms with Gasteiger partial charge in [0.15, 0.2) is 0 Å². The molecule has 0 aromatic heterocycles. The van der Waals surface area contributed by atoms with E-state index in [-0.39, 0.29) is 6.10 Å². The molecular weight excluding hydrogens is 186 g/mol. The van der Waals surface area contributed by atoms with Crippen LogP contribution in [0.4, 0.5) is 0 Å². The average Bonchev–Trinajstić information content (AvgIpc) is 2.75. The molecule has 2 nitrogen and oxygen atoms in total. The van der Waals surface area contributed by atoms with E-state index in [1.54, 1.807) is 0 Å². The van der Waals surface area contributed by atoms with E-state index in [1.807, 2.05) is 0 Å². The molecule has 0 saturated heterocycles. The van der Waals surface area contributed by atoms with Crippen molar-refractivity contribution < 1.29 is 5.11 Å². The lowest BCUT2D eigenvalue weighted by Gasteiger charge is -2.37. The van der Waals surface area contributed by atoms with Crippen LogP contribution in [0.1, 0.15) is 32.6 Å². The summed E-state index contributed by atoms with van der Waals surface area (Å²) in [6.45, 7) is 2.32. The first-order valence-electron chi connectivity index (χ1n) is 6.35. The molecule has 2 fully saturated rings. The molecule has 15 heavy (non-hydrogen) atoms. The topological polar surface area (TPSA) is 32.3 Å². The normalized spacial score (nSPS) is 49.3. The molecule has 0 amide bonds. The second kappa shape index (κ2) is 3.60. The molecule has 0 radical (unpaired) electrons. The number of aliphatic hydroxyl groups is 1. The van der Waals surface area contributed by atoms with Gasteiger partial charge in [0, 0.05) is 12.1 Å². The molecule has 0 aromatic carbocycles. The van der Waals surface area contributed by atoms with Gasteiger partial charge in [-0.3, -0.25) is 0 Å². The molecule has 4 atom stereocenters. The zero-order chi connectivity index (χ0) is 10.4. The number of rotatable bonds is 3. The van der Waals surface area contributed by atoms with E-state index in [1.165, 1.54) is 12.8 Å². The van der Waals surface area contributed by atoms with Gasteiger partial charge in [0.25, 0.3) is 0 Å². The molecule has 0 aliphatic heterocycles. The SMILES string of the molecule is CC(NC1CC(O)C1)C1CC2C=CC1C2. The van der Waals surface area contributed by atoms with Crippen molar-refractivity contribution in [3.63, 3.8) is 0 Å². The Morgan fingerprint density at radius 3 is 2.53 bits per heavy atom. The Morgan fingerprint density at radius 1 is 1.20 bits per heavy atom. The zero-order valence-corrected chi connectivity index (χ0v) is 9.39. The molecule has 3 rings (SSSR count). The number of aliphatic hydroxyl groups excluding tert-OH is 1. The molecule has 3 aliphatic rings. The highest BCUT2D eigenvalue weighted by atomic mass is 16.3. The summed E-state index contributed by atoms with van der Waals surface area (Å²) in [6.07, 6.45) is 9.49. The first-order chi connectivity index (χ1) is 7.22. The maximum absolute atomic E-state index is 9.25. The summed E-state index contributed by atoms with van der Waals surface area (Å²) in [6, 6.07) is 1.21. The fourth-order valence-corrected chi connectivity index (χ4v) is 3.62. The number of hydrogen-bond donors (Lipinski definition) is 2. The van der Waals surface area contributed by atoms with Crippen LogP contribution in [0, 0.1) is 17.8 Å². The summed E-state index contributed by atoms with van der Waals surface area (Å²) in [4.78, 5) is 0. The lowest BCUT2D eigenvalue weighted by molar-refractivity contribution is 0.0540. The van der Waals surface area contributed by atoms with Crippen LogP contribution in [0.15, 0.2) is 12.2 Å². The average molecular weight is 207 g/mol. The van der Waals surface area contributed by atoms with Crippen LogP contribution < -0.4 is 5.32 Å². The second-order valence-corrected chi connectivity index (χ2v) is 5.72. The fourth-order valence-electron chi connectivity index (χ4n) is 3.62. The van der Waals surface area contributed by atoms with Gasteiger partial charge in [0.2, 0.25) is 0 Å². The van der Waals surface area contributed by atoms with E-state index in [0.29, 0.717) is 12.1 Å². The Labute approximate surface area is 91.8 Å². The van der Waals surface area contributed by atoms with Crippen LogP contribution in [0.3, 0.4) is 0 Å². The van der Waals surface area contributed by atoms with Crippen LogP contribution in [0.25, 0.3) is 0 Å². The van der Waals surface area contributed by atoms with Crippen LogP contribution >= 0.6 is 0 Å². The summed E-state index contributed by atoms with van der Waals surface area (Å²) in [5, 5.41) is 12.9. The molecule has 3 aliphatic carbocycles. The highest BCUT2D eigenvalue weighted by molar-refractivity contribution is 5.11. The third kappa shape index (κ3) is 1.74. The van der Waals surface area contributed by atoms with E-state index in [0.717, 1.165) is 30.6 Å². The highest BCUT2D eigenvalue weighted by Gasteiger charge is 2.39. The summed E-state index contributed by atoms with van der Waals surface area (Å²) < 4.78 is 0. The second-order valence-electron chi connectivity index (χ2n) is 5.72. The van der Waals surface area contributed by atoms with E-state index in [4.69, 9.17) is 0 Å². The van der Waals surface area contributed by atoms with E-state index in [2.05, 4.69) is 24.4 Å². The Bertz CT molecular complexity index is 270. The van der Waals surface area contributed by atoms with Gasteiger partial charge in [0.05, 0.1) is 6.10 Å². The van der Waals surface area contributed by atoms with Crippen LogP contribution in [0.2, 0.25) is 0 Å². The van der Waals surface area contributed by atoms with E-state index < -0.39 is 0 Å². The molecular formula is C13H21NO. The smallest absolute Gasteiger partial charge is 0.0570 e. The van der Waals surface area contributed by atoms with Crippen molar-refractivity contribution >= 4 is 0 Å². The molecule has 84 valence electrons. The lowest BCUT2D eigenvalue weighted by Crippen LogP contribution is -2.50. The van der Waals surface area contributed by atoms with Crippen molar-refractivity contribution in [3.05, 3.63) is 12.2 Å². The number of allylic oxidation sites excluding steroid dienone is 2. The Morgan fingerprint density at radius 2 is 2.00 bits per heavy atom. The monoisotopic (exact) mass is 207 g/mol. The zero-order valence-electron chi connectivity index (χ0n) is 9.39. The van der Waals surface area contributed by atoms with Gasteiger partial charge in [0.1, 0.15) is 0 Å². The lowest BCUT2D eigenvalue weighted by atomic mass is 9.84. The van der Waals surface area contributed by atoms with Crippen molar-refractivity contribution in [2.45, 2.75) is 50.8 Å². The Hall–Kier alpha value is -0.340. The Kier molecular flexibility index (Phi) is 2.37. The first kappa shape index (κ1) is 9.86. The van der Waals surface area contributed by atoms with Crippen molar-refractivity contribution in [1.29, 1.82) is 0 Å². The van der Waals surface area contributed by atoms with Crippen LogP contribution in [-0.2, 0) is 0 Å². The van der Waals surface area contributed by atoms with Gasteiger partial charge in [-0.05, 0) is 50.4 Å². The number of fused-ring (bicyclic) bond motifs is 2. The predicted octanol–water partition coefficient (Wildman–Crippen LogP) is 1.70. The first-order valence-corrected chi connectivity index (χ1v) is 6.35. The number of nitrogens with one attached hydrogen (secondary N) is 1. The summed E-state index contributed by atoms with van der Waals surface area (Å²) >= 11 is 0. The third-order valence-electron chi connectivity index (χ3n) is 4.58. The summed E-state index contributed by atoms with van der Waals surface area (Å²) in [5.41, 5.74) is 0. The van der Waals surface area contributed by atoms with E-state index >= 15 is 0 Å². The molecule has 2 bridgehead atoms. The van der Waals surface area contributed by atoms with Crippen molar-refractivity contribution in [1.82, 2.24) is 5.32 Å². The van der Waals surface area contributed by atoms with Gasteiger partial charge in [-0.15, -0.1) is 0 Å². The molecule has 2 heteroatoms. The van der Waals surface area contributed by atoms with E-state index in [9.17, 15) is 5.11 Å². The third-order valence-corrected chi connectivity index (χ3v) is 4.58.